The molecule has 0 aromatic rings. The van der Waals surface area contributed by atoms with Crippen LogP contribution in [0.25, 0.3) is 0 Å². The first-order valence-electron chi connectivity index (χ1n) is 3.44. The van der Waals surface area contributed by atoms with Crippen LogP contribution in [0.4, 0.5) is 0 Å². The third kappa shape index (κ3) is 10.1. The second-order valence-electron chi connectivity index (χ2n) is 1.84. The largest absolute Gasteiger partial charge is 0.465 e. The Morgan fingerprint density at radius 3 is 2.64 bits per heavy atom. The van der Waals surface area contributed by atoms with Crippen molar-refractivity contribution in [2.45, 2.75) is 6.92 Å². The van der Waals surface area contributed by atoms with Crippen molar-refractivity contribution in [1.82, 2.24) is 0 Å². The SMILES string of the molecule is CC(=O)OCCSSCC[NH3+]. The van der Waals surface area contributed by atoms with E-state index in [9.17, 15) is 4.79 Å². The molecule has 0 amide bonds. The van der Waals surface area contributed by atoms with E-state index in [1.807, 2.05) is 0 Å². The summed E-state index contributed by atoms with van der Waals surface area (Å²) in [6.07, 6.45) is 0. The predicted octanol–water partition coefficient (Wildman–Crippen LogP) is 0.173. The molecule has 0 saturated heterocycles. The van der Waals surface area contributed by atoms with Gasteiger partial charge in [-0.25, -0.2) is 0 Å². The van der Waals surface area contributed by atoms with Gasteiger partial charge in [-0.1, -0.05) is 21.6 Å². The molecule has 0 bridgehead atoms. The van der Waals surface area contributed by atoms with Gasteiger partial charge in [0.2, 0.25) is 0 Å². The van der Waals surface area contributed by atoms with Crippen molar-refractivity contribution in [3.8, 4) is 0 Å². The molecule has 3 N–H and O–H groups in total. The minimum atomic E-state index is -0.201. The average molecular weight is 196 g/mol. The van der Waals surface area contributed by atoms with E-state index in [4.69, 9.17) is 4.74 Å². The first-order chi connectivity index (χ1) is 5.27. The zero-order valence-corrected chi connectivity index (χ0v) is 8.30. The molecule has 0 aliphatic carbocycles. The Morgan fingerprint density at radius 1 is 1.45 bits per heavy atom. The predicted molar refractivity (Wildman–Crippen MR) is 49.3 cm³/mol. The van der Waals surface area contributed by atoms with Crippen LogP contribution in [-0.4, -0.2) is 30.6 Å². The molecule has 11 heavy (non-hydrogen) atoms. The summed E-state index contributed by atoms with van der Waals surface area (Å²) in [7, 11) is 3.49. The van der Waals surface area contributed by atoms with Crippen LogP contribution in [0.1, 0.15) is 6.92 Å². The molecule has 0 aromatic carbocycles. The zero-order chi connectivity index (χ0) is 8.53. The summed E-state index contributed by atoms with van der Waals surface area (Å²) in [6.45, 7) is 2.89. The lowest BCUT2D eigenvalue weighted by molar-refractivity contribution is -0.360. The molecule has 0 aromatic heterocycles. The van der Waals surface area contributed by atoms with Crippen LogP contribution in [-0.2, 0) is 9.53 Å². The minimum Gasteiger partial charge on any atom is -0.465 e. The van der Waals surface area contributed by atoms with Crippen molar-refractivity contribution in [2.24, 2.45) is 0 Å². The second kappa shape index (κ2) is 8.23. The van der Waals surface area contributed by atoms with Gasteiger partial charge >= 0.3 is 5.97 Å². The number of rotatable bonds is 6. The maximum atomic E-state index is 10.3. The van der Waals surface area contributed by atoms with E-state index >= 15 is 0 Å². The topological polar surface area (TPSA) is 53.9 Å². The number of carbonyl (C=O) groups is 1. The van der Waals surface area contributed by atoms with Gasteiger partial charge in [0.1, 0.15) is 6.61 Å². The Hall–Kier alpha value is 0.130. The fourth-order valence-electron chi connectivity index (χ4n) is 0.396. The van der Waals surface area contributed by atoms with Crippen LogP contribution in [0.15, 0.2) is 0 Å². The van der Waals surface area contributed by atoms with Gasteiger partial charge in [0.05, 0.1) is 12.3 Å². The Morgan fingerprint density at radius 2 is 2.09 bits per heavy atom. The van der Waals surface area contributed by atoms with Crippen molar-refractivity contribution in [1.29, 1.82) is 0 Å². The molecule has 66 valence electrons. The van der Waals surface area contributed by atoms with Crippen molar-refractivity contribution in [2.75, 3.05) is 24.7 Å². The summed E-state index contributed by atoms with van der Waals surface area (Å²) in [6, 6.07) is 0. The van der Waals surface area contributed by atoms with Gasteiger partial charge in [0.15, 0.2) is 0 Å². The number of hydrogen-bond acceptors (Lipinski definition) is 4. The van der Waals surface area contributed by atoms with E-state index in [0.29, 0.717) is 6.61 Å². The number of carbonyl (C=O) groups excluding carboxylic acids is 1. The van der Waals surface area contributed by atoms with E-state index in [1.54, 1.807) is 21.6 Å². The van der Waals surface area contributed by atoms with Gasteiger partial charge in [-0.2, -0.15) is 0 Å². The van der Waals surface area contributed by atoms with E-state index in [-0.39, 0.29) is 5.97 Å². The Bertz CT molecular complexity index is 111. The minimum absolute atomic E-state index is 0.201. The Balaban J connectivity index is 2.85. The van der Waals surface area contributed by atoms with Crippen LogP contribution in [0.2, 0.25) is 0 Å². The maximum absolute atomic E-state index is 10.3. The third-order valence-corrected chi connectivity index (χ3v) is 3.24. The highest BCUT2D eigenvalue weighted by atomic mass is 33.1. The number of esters is 1. The summed E-state index contributed by atoms with van der Waals surface area (Å²) < 4.78 is 4.73. The first kappa shape index (κ1) is 11.1. The van der Waals surface area contributed by atoms with Crippen LogP contribution < -0.4 is 5.73 Å². The molecule has 0 unspecified atom stereocenters. The van der Waals surface area contributed by atoms with E-state index in [0.717, 1.165) is 18.1 Å². The van der Waals surface area contributed by atoms with Crippen LogP contribution in [0.5, 0.6) is 0 Å². The molecule has 0 rings (SSSR count). The van der Waals surface area contributed by atoms with E-state index in [1.165, 1.54) is 6.92 Å². The quantitative estimate of drug-likeness (QED) is 0.374. The molecule has 3 nitrogen and oxygen atoms in total. The van der Waals surface area contributed by atoms with Crippen LogP contribution >= 0.6 is 21.6 Å². The molecular weight excluding hydrogens is 182 g/mol. The van der Waals surface area contributed by atoms with E-state index < -0.39 is 0 Å². The van der Waals surface area contributed by atoms with Crippen molar-refractivity contribution in [3.05, 3.63) is 0 Å². The molecular formula is C6H14NO2S2+. The van der Waals surface area contributed by atoms with Gasteiger partial charge < -0.3 is 10.5 Å². The summed E-state index contributed by atoms with van der Waals surface area (Å²) in [5, 5.41) is 0. The molecule has 0 saturated carbocycles. The lowest BCUT2D eigenvalue weighted by Gasteiger charge is -1.99. The highest BCUT2D eigenvalue weighted by Gasteiger charge is 1.93. The van der Waals surface area contributed by atoms with Crippen molar-refractivity contribution in [3.63, 3.8) is 0 Å². The van der Waals surface area contributed by atoms with Gasteiger partial charge in [-0.05, 0) is 0 Å². The number of ether oxygens (including phenoxy) is 1. The van der Waals surface area contributed by atoms with Gasteiger partial charge in [0, 0.05) is 12.7 Å². The molecule has 5 heteroatoms. The van der Waals surface area contributed by atoms with Gasteiger partial charge in [0.25, 0.3) is 0 Å². The van der Waals surface area contributed by atoms with Crippen LogP contribution in [0.3, 0.4) is 0 Å². The monoisotopic (exact) mass is 196 g/mol. The van der Waals surface area contributed by atoms with Gasteiger partial charge in [-0.3, -0.25) is 4.79 Å². The highest BCUT2D eigenvalue weighted by Crippen LogP contribution is 2.19. The second-order valence-corrected chi connectivity index (χ2v) is 4.54. The summed E-state index contributed by atoms with van der Waals surface area (Å²) in [4.78, 5) is 10.3. The lowest BCUT2D eigenvalue weighted by atomic mass is 10.8. The lowest BCUT2D eigenvalue weighted by Crippen LogP contribution is -2.51. The normalized spacial score (nSPS) is 9.64. The van der Waals surface area contributed by atoms with Crippen molar-refractivity contribution >= 4 is 27.6 Å². The van der Waals surface area contributed by atoms with Crippen LogP contribution in [0, 0.1) is 0 Å². The Kier molecular flexibility index (Phi) is 8.33. The highest BCUT2D eigenvalue weighted by molar-refractivity contribution is 8.76. The summed E-state index contributed by atoms with van der Waals surface area (Å²) in [5.74, 6) is 1.72. The smallest absolute Gasteiger partial charge is 0.302 e. The fraction of sp³-hybridized carbons (Fsp3) is 0.833. The molecule has 0 aliphatic rings. The molecule has 0 spiro atoms. The van der Waals surface area contributed by atoms with Gasteiger partial charge in [-0.15, -0.1) is 0 Å². The molecule has 0 radical (unpaired) electrons. The molecule has 0 aliphatic heterocycles. The first-order valence-corrected chi connectivity index (χ1v) is 5.93. The Labute approximate surface area is 74.8 Å². The number of hydrogen-bond donors (Lipinski definition) is 1. The fourth-order valence-corrected chi connectivity index (χ4v) is 2.17. The molecule has 0 heterocycles. The standard InChI is InChI=1S/C6H13NO2S2/c1-6(8)9-3-5-11-10-4-2-7/h2-5,7H2,1H3/p+1. The summed E-state index contributed by atoms with van der Waals surface area (Å²) >= 11 is 0. The molecule has 0 fully saturated rings. The van der Waals surface area contributed by atoms with E-state index in [2.05, 4.69) is 5.73 Å². The summed E-state index contributed by atoms with van der Waals surface area (Å²) in [5.41, 5.74) is 3.71. The zero-order valence-electron chi connectivity index (χ0n) is 6.67. The average Bonchev–Trinajstić information content (AvgIpc) is 1.96. The third-order valence-electron chi connectivity index (χ3n) is 0.783. The number of quaternary nitrogens is 1. The van der Waals surface area contributed by atoms with Crippen molar-refractivity contribution < 1.29 is 15.3 Å². The maximum Gasteiger partial charge on any atom is 0.302 e. The molecule has 0 atom stereocenters.